The van der Waals surface area contributed by atoms with E-state index in [1.165, 1.54) is 16.7 Å². The third-order valence-corrected chi connectivity index (χ3v) is 5.15. The second-order valence-corrected chi connectivity index (χ2v) is 7.19. The number of rotatable bonds is 4. The Balaban J connectivity index is 1.97. The van der Waals surface area contributed by atoms with Gasteiger partial charge in [0.05, 0.1) is 24.8 Å². The standard InChI is InChI=1S/C18H14ClNO3S2/c1-22-14-5-3-4-11(16(14)23-2)10-15-17(21)20(18(24)25-15)13-8-6-12(19)7-9-13/h3-10H,1-2H3. The number of thioether (sulfide) groups is 1. The summed E-state index contributed by atoms with van der Waals surface area (Å²) in [5.41, 5.74) is 1.44. The summed E-state index contributed by atoms with van der Waals surface area (Å²) in [6.07, 6.45) is 1.76. The maximum absolute atomic E-state index is 12.8. The second kappa shape index (κ2) is 7.47. The van der Waals surface area contributed by atoms with E-state index in [9.17, 15) is 4.79 Å². The van der Waals surface area contributed by atoms with Crippen molar-refractivity contribution in [3.8, 4) is 11.5 Å². The number of anilines is 1. The maximum Gasteiger partial charge on any atom is 0.270 e. The van der Waals surface area contributed by atoms with Crippen molar-refractivity contribution in [1.29, 1.82) is 0 Å². The summed E-state index contributed by atoms with van der Waals surface area (Å²) >= 11 is 12.5. The molecule has 1 aliphatic heterocycles. The van der Waals surface area contributed by atoms with Crippen LogP contribution in [0.2, 0.25) is 5.02 Å². The van der Waals surface area contributed by atoms with E-state index in [-0.39, 0.29) is 5.91 Å². The van der Waals surface area contributed by atoms with Gasteiger partial charge < -0.3 is 9.47 Å². The monoisotopic (exact) mass is 391 g/mol. The van der Waals surface area contributed by atoms with Crippen molar-refractivity contribution < 1.29 is 14.3 Å². The van der Waals surface area contributed by atoms with Crippen LogP contribution in [0.15, 0.2) is 47.4 Å². The largest absolute Gasteiger partial charge is 0.493 e. The fourth-order valence-corrected chi connectivity index (χ4v) is 3.86. The number of hydrogen-bond donors (Lipinski definition) is 0. The molecule has 3 rings (SSSR count). The van der Waals surface area contributed by atoms with Gasteiger partial charge in [-0.15, -0.1) is 0 Å². The summed E-state index contributed by atoms with van der Waals surface area (Å²) in [7, 11) is 3.13. The smallest absolute Gasteiger partial charge is 0.270 e. The average molecular weight is 392 g/mol. The van der Waals surface area contributed by atoms with Gasteiger partial charge in [-0.05, 0) is 36.4 Å². The van der Waals surface area contributed by atoms with Crippen LogP contribution < -0.4 is 14.4 Å². The molecule has 0 spiro atoms. The van der Waals surface area contributed by atoms with Gasteiger partial charge in [0.25, 0.3) is 5.91 Å². The van der Waals surface area contributed by atoms with Crippen molar-refractivity contribution in [2.24, 2.45) is 0 Å². The molecule has 1 fully saturated rings. The van der Waals surface area contributed by atoms with Gasteiger partial charge in [-0.25, -0.2) is 0 Å². The number of amides is 1. The fourth-order valence-electron chi connectivity index (χ4n) is 2.45. The minimum Gasteiger partial charge on any atom is -0.493 e. The Morgan fingerprint density at radius 3 is 2.48 bits per heavy atom. The lowest BCUT2D eigenvalue weighted by molar-refractivity contribution is -0.113. The number of hydrogen-bond acceptors (Lipinski definition) is 5. The van der Waals surface area contributed by atoms with E-state index >= 15 is 0 Å². The van der Waals surface area contributed by atoms with Gasteiger partial charge in [-0.3, -0.25) is 9.69 Å². The van der Waals surface area contributed by atoms with Crippen LogP contribution in [0.4, 0.5) is 5.69 Å². The fraction of sp³-hybridized carbons (Fsp3) is 0.111. The number of carbonyl (C=O) groups is 1. The van der Waals surface area contributed by atoms with Crippen molar-refractivity contribution >= 4 is 57.6 Å². The van der Waals surface area contributed by atoms with E-state index in [4.69, 9.17) is 33.3 Å². The zero-order chi connectivity index (χ0) is 18.0. The Morgan fingerprint density at radius 2 is 1.84 bits per heavy atom. The number of ether oxygens (including phenoxy) is 2. The Kier molecular flexibility index (Phi) is 5.32. The molecule has 1 aliphatic rings. The first kappa shape index (κ1) is 17.8. The molecule has 2 aromatic carbocycles. The molecular weight excluding hydrogens is 378 g/mol. The van der Waals surface area contributed by atoms with Crippen LogP contribution in [0, 0.1) is 0 Å². The number of halogens is 1. The van der Waals surface area contributed by atoms with Crippen LogP contribution in [0.25, 0.3) is 6.08 Å². The highest BCUT2D eigenvalue weighted by Gasteiger charge is 2.33. The lowest BCUT2D eigenvalue weighted by atomic mass is 10.1. The topological polar surface area (TPSA) is 38.8 Å². The first-order valence-electron chi connectivity index (χ1n) is 7.29. The van der Waals surface area contributed by atoms with E-state index in [0.29, 0.717) is 31.4 Å². The number of para-hydroxylation sites is 1. The third kappa shape index (κ3) is 3.51. The molecule has 1 saturated heterocycles. The zero-order valence-electron chi connectivity index (χ0n) is 13.5. The van der Waals surface area contributed by atoms with Crippen molar-refractivity contribution in [2.75, 3.05) is 19.1 Å². The Bertz CT molecular complexity index is 865. The first-order valence-corrected chi connectivity index (χ1v) is 8.90. The van der Waals surface area contributed by atoms with E-state index in [0.717, 1.165) is 5.56 Å². The van der Waals surface area contributed by atoms with Gasteiger partial charge in [0.2, 0.25) is 0 Å². The maximum atomic E-state index is 12.8. The molecule has 2 aromatic rings. The Labute approximate surface area is 160 Å². The van der Waals surface area contributed by atoms with Crippen LogP contribution in [-0.2, 0) is 4.79 Å². The average Bonchev–Trinajstić information content (AvgIpc) is 2.89. The molecule has 0 aromatic heterocycles. The summed E-state index contributed by atoms with van der Waals surface area (Å²) in [5, 5.41) is 0.603. The minimum absolute atomic E-state index is 0.179. The molecule has 1 heterocycles. The molecular formula is C18H14ClNO3S2. The molecule has 1 amide bonds. The van der Waals surface area contributed by atoms with Crippen LogP contribution >= 0.6 is 35.6 Å². The predicted molar refractivity (Wildman–Crippen MR) is 107 cm³/mol. The predicted octanol–water partition coefficient (Wildman–Crippen LogP) is 4.76. The minimum atomic E-state index is -0.179. The highest BCUT2D eigenvalue weighted by atomic mass is 35.5. The molecule has 0 bridgehead atoms. The highest BCUT2D eigenvalue weighted by Crippen LogP contribution is 2.39. The summed E-state index contributed by atoms with van der Waals surface area (Å²) in [6.45, 7) is 0. The second-order valence-electron chi connectivity index (χ2n) is 5.08. The van der Waals surface area contributed by atoms with E-state index < -0.39 is 0 Å². The molecule has 7 heteroatoms. The Hall–Kier alpha value is -2.02. The van der Waals surface area contributed by atoms with Crippen LogP contribution in [0.1, 0.15) is 5.56 Å². The van der Waals surface area contributed by atoms with Crippen molar-refractivity contribution in [3.63, 3.8) is 0 Å². The zero-order valence-corrected chi connectivity index (χ0v) is 15.9. The van der Waals surface area contributed by atoms with Crippen molar-refractivity contribution in [3.05, 3.63) is 58.0 Å². The van der Waals surface area contributed by atoms with Gasteiger partial charge in [-0.2, -0.15) is 0 Å². The van der Waals surface area contributed by atoms with Crippen molar-refractivity contribution in [2.45, 2.75) is 0 Å². The quantitative estimate of drug-likeness (QED) is 0.554. The number of carbonyl (C=O) groups excluding carboxylic acids is 1. The highest BCUT2D eigenvalue weighted by molar-refractivity contribution is 8.27. The lowest BCUT2D eigenvalue weighted by Crippen LogP contribution is -2.27. The third-order valence-electron chi connectivity index (χ3n) is 3.60. The summed E-state index contributed by atoms with van der Waals surface area (Å²) in [6, 6.07) is 12.5. The van der Waals surface area contributed by atoms with Gasteiger partial charge >= 0.3 is 0 Å². The molecule has 0 saturated carbocycles. The first-order chi connectivity index (χ1) is 12.0. The van der Waals surface area contributed by atoms with E-state index in [2.05, 4.69) is 0 Å². The molecule has 4 nitrogen and oxygen atoms in total. The molecule has 0 radical (unpaired) electrons. The summed E-state index contributed by atoms with van der Waals surface area (Å²) < 4.78 is 11.2. The van der Waals surface area contributed by atoms with Crippen LogP contribution in [0.5, 0.6) is 11.5 Å². The molecule has 0 aliphatic carbocycles. The number of benzene rings is 2. The van der Waals surface area contributed by atoms with Gasteiger partial charge in [0.1, 0.15) is 0 Å². The summed E-state index contributed by atoms with van der Waals surface area (Å²) in [5.74, 6) is 0.994. The van der Waals surface area contributed by atoms with Gasteiger partial charge in [0, 0.05) is 10.6 Å². The Morgan fingerprint density at radius 1 is 1.12 bits per heavy atom. The van der Waals surface area contributed by atoms with Crippen LogP contribution in [0.3, 0.4) is 0 Å². The lowest BCUT2D eigenvalue weighted by Gasteiger charge is -2.14. The molecule has 0 atom stereocenters. The van der Waals surface area contributed by atoms with E-state index in [1.807, 2.05) is 12.1 Å². The molecule has 0 N–H and O–H groups in total. The molecule has 0 unspecified atom stereocenters. The number of nitrogens with zero attached hydrogens (tertiary/aromatic N) is 1. The number of thiocarbonyl (C=S) groups is 1. The normalized spacial score (nSPS) is 15.8. The summed E-state index contributed by atoms with van der Waals surface area (Å²) in [4.78, 5) is 14.8. The SMILES string of the molecule is COc1cccc(C=C2SC(=S)N(c3ccc(Cl)cc3)C2=O)c1OC. The number of methoxy groups -OCH3 is 2. The molecule has 128 valence electrons. The van der Waals surface area contributed by atoms with Gasteiger partial charge in [-0.1, -0.05) is 47.7 Å². The molecule has 25 heavy (non-hydrogen) atoms. The van der Waals surface area contributed by atoms with Crippen molar-refractivity contribution in [1.82, 2.24) is 0 Å². The van der Waals surface area contributed by atoms with E-state index in [1.54, 1.807) is 50.6 Å². The van der Waals surface area contributed by atoms with Gasteiger partial charge in [0.15, 0.2) is 15.8 Å². The van der Waals surface area contributed by atoms with Crippen LogP contribution in [-0.4, -0.2) is 24.4 Å².